The Balaban J connectivity index is 0.918. The molecule has 1 aliphatic carbocycles. The van der Waals surface area contributed by atoms with Crippen molar-refractivity contribution in [3.63, 3.8) is 0 Å². The van der Waals surface area contributed by atoms with E-state index in [1.807, 2.05) is 78.9 Å². The van der Waals surface area contributed by atoms with Crippen LogP contribution in [0.5, 0.6) is 5.75 Å². The predicted molar refractivity (Wildman–Crippen MR) is 229 cm³/mol. The fourth-order valence-corrected chi connectivity index (χ4v) is 8.08. The van der Waals surface area contributed by atoms with E-state index in [9.17, 15) is 0 Å². The SMILES string of the molecule is C1=CC2Oc3cc(-c4nc(-c5ccccc5)nc(-c5ccccc5)n4)ccc3C2C=C1c1ccc(N(c2ccccc2)c2cccc3c2oc2ccccc23)cc1. The zero-order chi connectivity index (χ0) is 37.7. The molecule has 7 aromatic carbocycles. The van der Waals surface area contributed by atoms with Crippen LogP contribution in [0.1, 0.15) is 17.0 Å². The Labute approximate surface area is 329 Å². The highest BCUT2D eigenvalue weighted by molar-refractivity contribution is 6.10. The van der Waals surface area contributed by atoms with Crippen LogP contribution in [0.15, 0.2) is 199 Å². The van der Waals surface area contributed by atoms with Crippen molar-refractivity contribution in [3.8, 4) is 39.9 Å². The van der Waals surface area contributed by atoms with Crippen molar-refractivity contribution in [1.29, 1.82) is 0 Å². The Morgan fingerprint density at radius 3 is 1.81 bits per heavy atom. The third-order valence-electron chi connectivity index (χ3n) is 10.9. The molecule has 0 radical (unpaired) electrons. The lowest BCUT2D eigenvalue weighted by Crippen LogP contribution is -2.17. The second-order valence-corrected chi connectivity index (χ2v) is 14.4. The number of ether oxygens (including phenoxy) is 1. The molecule has 2 aromatic heterocycles. The van der Waals surface area contributed by atoms with E-state index in [4.69, 9.17) is 24.1 Å². The number of fused-ring (bicyclic) bond motifs is 6. The van der Waals surface area contributed by atoms with E-state index in [1.54, 1.807) is 0 Å². The summed E-state index contributed by atoms with van der Waals surface area (Å²) in [6, 6.07) is 60.3. The lowest BCUT2D eigenvalue weighted by Gasteiger charge is -2.26. The molecule has 2 unspecified atom stereocenters. The number of aromatic nitrogens is 3. The van der Waals surface area contributed by atoms with Crippen molar-refractivity contribution in [3.05, 3.63) is 205 Å². The highest BCUT2D eigenvalue weighted by Crippen LogP contribution is 2.46. The van der Waals surface area contributed by atoms with Gasteiger partial charge in [0.15, 0.2) is 23.1 Å². The van der Waals surface area contributed by atoms with Crippen LogP contribution in [0.3, 0.4) is 0 Å². The minimum absolute atomic E-state index is 0.0818. The predicted octanol–water partition coefficient (Wildman–Crippen LogP) is 12.7. The van der Waals surface area contributed by atoms with Crippen LogP contribution in [-0.4, -0.2) is 21.1 Å². The van der Waals surface area contributed by atoms with Gasteiger partial charge in [-0.15, -0.1) is 0 Å². The molecule has 0 amide bonds. The molecule has 0 fully saturated rings. The molecule has 0 spiro atoms. The van der Waals surface area contributed by atoms with Gasteiger partial charge in [0.1, 0.15) is 17.4 Å². The first kappa shape index (κ1) is 32.8. The standard InChI is InChI=1S/C51H34N4O2/c1-4-13-34(14-5-1)49-52-50(35-15-6-2-7-16-35)54-51(53-49)37-25-29-41-43-31-36(26-30-46(43)56-47(41)32-37)33-23-27-39(28-24-33)55(38-17-8-3-9-18-38)44-21-12-20-42-40-19-10-11-22-45(40)57-48(42)44/h1-32,43,46H. The summed E-state index contributed by atoms with van der Waals surface area (Å²) < 4.78 is 13.1. The van der Waals surface area contributed by atoms with Crippen LogP contribution in [0.4, 0.5) is 17.1 Å². The van der Waals surface area contributed by atoms with E-state index in [2.05, 4.69) is 120 Å². The molecule has 0 bridgehead atoms. The maximum Gasteiger partial charge on any atom is 0.164 e. The number of rotatable bonds is 7. The molecule has 1 aliphatic heterocycles. The number of nitrogens with zero attached hydrogens (tertiary/aromatic N) is 4. The number of benzene rings is 7. The first-order valence-corrected chi connectivity index (χ1v) is 19.2. The average molecular weight is 735 g/mol. The fraction of sp³-hybridized carbons (Fsp3) is 0.0392. The average Bonchev–Trinajstić information content (AvgIpc) is 3.86. The molecule has 6 heteroatoms. The van der Waals surface area contributed by atoms with Crippen molar-refractivity contribution in [2.45, 2.75) is 12.0 Å². The molecule has 270 valence electrons. The van der Waals surface area contributed by atoms with Gasteiger partial charge in [-0.05, 0) is 59.7 Å². The molecule has 0 N–H and O–H groups in total. The topological polar surface area (TPSA) is 64.3 Å². The van der Waals surface area contributed by atoms with Crippen LogP contribution in [-0.2, 0) is 0 Å². The fourth-order valence-electron chi connectivity index (χ4n) is 8.08. The van der Waals surface area contributed by atoms with Gasteiger partial charge in [-0.25, -0.2) is 15.0 Å². The summed E-state index contributed by atoms with van der Waals surface area (Å²) in [7, 11) is 0. The van der Waals surface area contributed by atoms with Gasteiger partial charge in [0.25, 0.3) is 0 Å². The second kappa shape index (κ2) is 13.6. The molecule has 9 aromatic rings. The first-order chi connectivity index (χ1) is 28.2. The van der Waals surface area contributed by atoms with Gasteiger partial charge in [-0.2, -0.15) is 0 Å². The zero-order valence-corrected chi connectivity index (χ0v) is 30.7. The third-order valence-corrected chi connectivity index (χ3v) is 10.9. The van der Waals surface area contributed by atoms with E-state index in [0.717, 1.165) is 78.1 Å². The van der Waals surface area contributed by atoms with Gasteiger partial charge >= 0.3 is 0 Å². The Hall–Kier alpha value is -7.57. The maximum absolute atomic E-state index is 6.57. The Bertz CT molecular complexity index is 2940. The lowest BCUT2D eigenvalue weighted by atomic mass is 9.86. The van der Waals surface area contributed by atoms with Crippen molar-refractivity contribution < 1.29 is 9.15 Å². The molecule has 6 nitrogen and oxygen atoms in total. The molecule has 2 aliphatic rings. The van der Waals surface area contributed by atoms with Gasteiger partial charge in [0.2, 0.25) is 0 Å². The van der Waals surface area contributed by atoms with Gasteiger partial charge in [-0.3, -0.25) is 0 Å². The summed E-state index contributed by atoms with van der Waals surface area (Å²) in [4.78, 5) is 17.0. The Kier molecular flexibility index (Phi) is 7.84. The normalized spacial score (nSPS) is 15.5. The summed E-state index contributed by atoms with van der Waals surface area (Å²) in [6.07, 6.45) is 6.60. The molecule has 0 saturated heterocycles. The third kappa shape index (κ3) is 5.86. The number of furan rings is 1. The molecule has 0 saturated carbocycles. The molecule has 57 heavy (non-hydrogen) atoms. The molecular formula is C51H34N4O2. The summed E-state index contributed by atoms with van der Waals surface area (Å²) in [5.74, 6) is 2.81. The Morgan fingerprint density at radius 1 is 0.491 bits per heavy atom. The van der Waals surface area contributed by atoms with E-state index in [-0.39, 0.29) is 12.0 Å². The summed E-state index contributed by atoms with van der Waals surface area (Å²) in [6.45, 7) is 0. The quantitative estimate of drug-likeness (QED) is 0.162. The van der Waals surface area contributed by atoms with Crippen molar-refractivity contribution in [1.82, 2.24) is 15.0 Å². The van der Waals surface area contributed by atoms with E-state index < -0.39 is 0 Å². The number of allylic oxidation sites excluding steroid dienone is 2. The minimum atomic E-state index is -0.0886. The molecule has 3 heterocycles. The highest BCUT2D eigenvalue weighted by atomic mass is 16.5. The Morgan fingerprint density at radius 2 is 1.09 bits per heavy atom. The van der Waals surface area contributed by atoms with Crippen LogP contribution in [0.25, 0.3) is 61.7 Å². The van der Waals surface area contributed by atoms with Crippen LogP contribution in [0.2, 0.25) is 0 Å². The number of hydrogen-bond acceptors (Lipinski definition) is 6. The lowest BCUT2D eigenvalue weighted by molar-refractivity contribution is 0.269. The van der Waals surface area contributed by atoms with E-state index >= 15 is 0 Å². The van der Waals surface area contributed by atoms with Gasteiger partial charge < -0.3 is 14.1 Å². The van der Waals surface area contributed by atoms with Crippen molar-refractivity contribution in [2.75, 3.05) is 4.90 Å². The van der Waals surface area contributed by atoms with Gasteiger partial charge in [0.05, 0.1) is 5.69 Å². The van der Waals surface area contributed by atoms with Crippen molar-refractivity contribution in [2.24, 2.45) is 0 Å². The smallest absolute Gasteiger partial charge is 0.164 e. The maximum atomic E-state index is 6.57. The number of para-hydroxylation sites is 3. The van der Waals surface area contributed by atoms with Crippen molar-refractivity contribution >= 4 is 44.6 Å². The van der Waals surface area contributed by atoms with Gasteiger partial charge in [0, 0.05) is 50.3 Å². The number of hydrogen-bond donors (Lipinski definition) is 0. The van der Waals surface area contributed by atoms with Crippen LogP contribution >= 0.6 is 0 Å². The minimum Gasteiger partial charge on any atom is -0.485 e. The molecule has 11 rings (SSSR count). The van der Waals surface area contributed by atoms with E-state index in [0.29, 0.717) is 17.5 Å². The monoisotopic (exact) mass is 734 g/mol. The van der Waals surface area contributed by atoms with E-state index in [1.165, 1.54) is 0 Å². The molecular weight excluding hydrogens is 701 g/mol. The summed E-state index contributed by atoms with van der Waals surface area (Å²) in [5, 5.41) is 2.21. The second-order valence-electron chi connectivity index (χ2n) is 14.4. The van der Waals surface area contributed by atoms with Crippen LogP contribution in [0, 0.1) is 0 Å². The van der Waals surface area contributed by atoms with Gasteiger partial charge in [-0.1, -0.05) is 146 Å². The largest absolute Gasteiger partial charge is 0.485 e. The summed E-state index contributed by atoms with van der Waals surface area (Å²) in [5.41, 5.74) is 11.0. The molecule has 2 atom stereocenters. The highest BCUT2D eigenvalue weighted by Gasteiger charge is 2.34. The first-order valence-electron chi connectivity index (χ1n) is 19.2. The zero-order valence-electron chi connectivity index (χ0n) is 30.7. The number of anilines is 3. The summed E-state index contributed by atoms with van der Waals surface area (Å²) >= 11 is 0. The van der Waals surface area contributed by atoms with Crippen LogP contribution < -0.4 is 9.64 Å².